The van der Waals surface area contributed by atoms with Crippen molar-refractivity contribution in [3.8, 4) is 0 Å². The number of hydrogen-bond donors (Lipinski definition) is 0. The molecule has 0 radical (unpaired) electrons. The molecule has 0 saturated carbocycles. The number of carbonyl (C=O) groups excluding carboxylic acids is 1. The van der Waals surface area contributed by atoms with Crippen molar-refractivity contribution in [1.29, 1.82) is 0 Å². The molecular formula is C12H13BrN4O. The van der Waals surface area contributed by atoms with Crippen LogP contribution in [-0.4, -0.2) is 34.9 Å². The molecule has 1 aromatic heterocycles. The molecule has 0 fully saturated rings. The van der Waals surface area contributed by atoms with Gasteiger partial charge in [-0.1, -0.05) is 17.3 Å². The molecule has 6 heteroatoms. The van der Waals surface area contributed by atoms with Gasteiger partial charge in [-0.05, 0) is 28.1 Å². The molecule has 1 heterocycles. The highest BCUT2D eigenvalue weighted by Crippen LogP contribution is 2.20. The second kappa shape index (κ2) is 4.89. The molecule has 0 aliphatic rings. The minimum atomic E-state index is -0.0990. The van der Waals surface area contributed by atoms with Crippen molar-refractivity contribution in [3.63, 3.8) is 0 Å². The summed E-state index contributed by atoms with van der Waals surface area (Å²) in [7, 11) is 5.57. The van der Waals surface area contributed by atoms with Crippen molar-refractivity contribution in [2.45, 2.75) is 0 Å². The summed E-state index contributed by atoms with van der Waals surface area (Å²) in [5.41, 5.74) is 2.05. The molecular weight excluding hydrogens is 296 g/mol. The van der Waals surface area contributed by atoms with E-state index in [1.165, 1.54) is 4.68 Å². The van der Waals surface area contributed by atoms with E-state index in [1.54, 1.807) is 13.1 Å². The summed E-state index contributed by atoms with van der Waals surface area (Å²) in [5, 5.41) is 7.63. The Morgan fingerprint density at radius 3 is 2.67 bits per heavy atom. The largest absolute Gasteiger partial charge is 0.378 e. The summed E-state index contributed by atoms with van der Waals surface area (Å²) >= 11 is 3.24. The number of carbonyl (C=O) groups is 1. The van der Waals surface area contributed by atoms with Gasteiger partial charge in [-0.25, -0.2) is 4.68 Å². The molecule has 5 nitrogen and oxygen atoms in total. The van der Waals surface area contributed by atoms with Crippen molar-refractivity contribution < 1.29 is 4.79 Å². The fraction of sp³-hybridized carbons (Fsp3) is 0.250. The predicted molar refractivity (Wildman–Crippen MR) is 72.9 cm³/mol. The minimum Gasteiger partial charge on any atom is -0.378 e. The number of benzene rings is 1. The Morgan fingerprint density at radius 2 is 2.11 bits per heavy atom. The first kappa shape index (κ1) is 12.8. The number of aromatic nitrogens is 3. The van der Waals surface area contributed by atoms with E-state index >= 15 is 0 Å². The Hall–Kier alpha value is -1.69. The molecule has 0 amide bonds. The lowest BCUT2D eigenvalue weighted by Crippen LogP contribution is -2.12. The molecule has 0 unspecified atom stereocenters. The van der Waals surface area contributed by atoms with Gasteiger partial charge in [-0.2, -0.15) is 0 Å². The lowest BCUT2D eigenvalue weighted by molar-refractivity contribution is 0.102. The zero-order valence-electron chi connectivity index (χ0n) is 10.4. The van der Waals surface area contributed by atoms with E-state index in [4.69, 9.17) is 0 Å². The van der Waals surface area contributed by atoms with Gasteiger partial charge in [-0.15, -0.1) is 5.10 Å². The van der Waals surface area contributed by atoms with Gasteiger partial charge >= 0.3 is 0 Å². The number of ketones is 1. The molecule has 0 atom stereocenters. The predicted octanol–water partition coefficient (Wildman–Crippen LogP) is 1.87. The molecule has 0 bridgehead atoms. The molecule has 0 N–H and O–H groups in total. The molecule has 0 aliphatic heterocycles. The van der Waals surface area contributed by atoms with E-state index in [0.717, 1.165) is 5.69 Å². The van der Waals surface area contributed by atoms with Crippen molar-refractivity contribution in [2.24, 2.45) is 7.05 Å². The van der Waals surface area contributed by atoms with E-state index in [1.807, 2.05) is 37.2 Å². The Bertz CT molecular complexity index is 572. The van der Waals surface area contributed by atoms with Crippen LogP contribution in [0.5, 0.6) is 0 Å². The number of anilines is 1. The maximum atomic E-state index is 12.4. The number of aryl methyl sites for hydroxylation is 1. The smallest absolute Gasteiger partial charge is 0.213 e. The second-order valence-corrected chi connectivity index (χ2v) is 4.88. The lowest BCUT2D eigenvalue weighted by Gasteiger charge is -2.13. The quantitative estimate of drug-likeness (QED) is 0.812. The van der Waals surface area contributed by atoms with E-state index in [-0.39, 0.29) is 5.78 Å². The number of halogens is 1. The lowest BCUT2D eigenvalue weighted by atomic mass is 10.1. The van der Waals surface area contributed by atoms with Gasteiger partial charge in [0.05, 0.1) is 0 Å². The molecule has 0 spiro atoms. The summed E-state index contributed by atoms with van der Waals surface area (Å²) in [6.45, 7) is 0. The fourth-order valence-electron chi connectivity index (χ4n) is 1.63. The maximum absolute atomic E-state index is 12.4. The van der Waals surface area contributed by atoms with Crippen LogP contribution in [0.15, 0.2) is 28.9 Å². The maximum Gasteiger partial charge on any atom is 0.213 e. The topological polar surface area (TPSA) is 51.0 Å². The van der Waals surface area contributed by atoms with Crippen molar-refractivity contribution in [1.82, 2.24) is 15.0 Å². The Balaban J connectivity index is 2.43. The van der Waals surface area contributed by atoms with Crippen LogP contribution in [0.1, 0.15) is 16.1 Å². The zero-order valence-corrected chi connectivity index (χ0v) is 12.0. The van der Waals surface area contributed by atoms with Crippen LogP contribution in [0, 0.1) is 0 Å². The fourth-order valence-corrected chi connectivity index (χ4v) is 2.14. The summed E-state index contributed by atoms with van der Waals surface area (Å²) in [5.74, 6) is -0.0990. The first-order valence-electron chi connectivity index (χ1n) is 5.38. The van der Waals surface area contributed by atoms with Crippen LogP contribution < -0.4 is 4.90 Å². The first-order valence-corrected chi connectivity index (χ1v) is 6.17. The van der Waals surface area contributed by atoms with Crippen LogP contribution in [0.4, 0.5) is 5.69 Å². The van der Waals surface area contributed by atoms with Gasteiger partial charge in [0.2, 0.25) is 5.78 Å². The molecule has 1 aromatic carbocycles. The molecule has 0 saturated heterocycles. The van der Waals surface area contributed by atoms with Gasteiger partial charge < -0.3 is 4.90 Å². The van der Waals surface area contributed by atoms with E-state index in [9.17, 15) is 4.79 Å². The Kier molecular flexibility index (Phi) is 3.47. The Morgan fingerprint density at radius 1 is 1.39 bits per heavy atom. The average molecular weight is 309 g/mol. The zero-order chi connectivity index (χ0) is 13.3. The van der Waals surface area contributed by atoms with E-state index in [0.29, 0.717) is 15.9 Å². The van der Waals surface area contributed by atoms with Crippen LogP contribution in [0.25, 0.3) is 0 Å². The Labute approximate surface area is 114 Å². The number of hydrogen-bond acceptors (Lipinski definition) is 4. The summed E-state index contributed by atoms with van der Waals surface area (Å²) in [6, 6.07) is 7.45. The highest BCUT2D eigenvalue weighted by Gasteiger charge is 2.18. The highest BCUT2D eigenvalue weighted by molar-refractivity contribution is 9.10. The third-order valence-corrected chi connectivity index (χ3v) is 3.16. The highest BCUT2D eigenvalue weighted by atomic mass is 79.9. The first-order chi connectivity index (χ1) is 8.50. The SMILES string of the molecule is CN(C)c1cccc(C(=O)c2c(Br)nnn2C)c1. The minimum absolute atomic E-state index is 0.0990. The average Bonchev–Trinajstić information content (AvgIpc) is 2.68. The second-order valence-electron chi connectivity index (χ2n) is 4.13. The third-order valence-electron chi connectivity index (χ3n) is 2.63. The number of nitrogens with zero attached hydrogens (tertiary/aromatic N) is 4. The molecule has 2 aromatic rings. The van der Waals surface area contributed by atoms with Crippen LogP contribution in [0.2, 0.25) is 0 Å². The van der Waals surface area contributed by atoms with Crippen LogP contribution in [-0.2, 0) is 7.05 Å². The molecule has 94 valence electrons. The van der Waals surface area contributed by atoms with Crippen molar-refractivity contribution in [2.75, 3.05) is 19.0 Å². The van der Waals surface area contributed by atoms with Crippen molar-refractivity contribution >= 4 is 27.4 Å². The van der Waals surface area contributed by atoms with Crippen LogP contribution in [0.3, 0.4) is 0 Å². The van der Waals surface area contributed by atoms with Gasteiger partial charge in [0.1, 0.15) is 5.69 Å². The number of rotatable bonds is 3. The van der Waals surface area contributed by atoms with Gasteiger partial charge in [0.25, 0.3) is 0 Å². The summed E-state index contributed by atoms with van der Waals surface area (Å²) in [4.78, 5) is 14.3. The van der Waals surface area contributed by atoms with Gasteiger partial charge in [-0.3, -0.25) is 4.79 Å². The van der Waals surface area contributed by atoms with Gasteiger partial charge in [0, 0.05) is 32.4 Å². The normalized spacial score (nSPS) is 10.4. The third kappa shape index (κ3) is 2.28. The summed E-state index contributed by atoms with van der Waals surface area (Å²) in [6.07, 6.45) is 0. The molecule has 0 aliphatic carbocycles. The molecule has 18 heavy (non-hydrogen) atoms. The van der Waals surface area contributed by atoms with E-state index in [2.05, 4.69) is 26.2 Å². The standard InChI is InChI=1S/C12H13BrN4O/c1-16(2)9-6-4-5-8(7-9)11(18)10-12(13)14-15-17(10)3/h4-7H,1-3H3. The molecule has 2 rings (SSSR count). The summed E-state index contributed by atoms with van der Waals surface area (Å²) < 4.78 is 1.93. The van der Waals surface area contributed by atoms with Crippen LogP contribution >= 0.6 is 15.9 Å². The van der Waals surface area contributed by atoms with E-state index < -0.39 is 0 Å². The van der Waals surface area contributed by atoms with Gasteiger partial charge in [0.15, 0.2) is 4.60 Å². The van der Waals surface area contributed by atoms with Crippen molar-refractivity contribution in [3.05, 3.63) is 40.1 Å². The monoisotopic (exact) mass is 308 g/mol.